The molecule has 0 saturated heterocycles. The maximum Gasteiger partial charge on any atom is 0.309 e. The van der Waals surface area contributed by atoms with E-state index < -0.39 is 26.7 Å². The summed E-state index contributed by atoms with van der Waals surface area (Å²) in [5.74, 6) is -0.603. The molecule has 0 radical (unpaired) electrons. The van der Waals surface area contributed by atoms with Crippen LogP contribution in [-0.2, 0) is 25.0 Å². The zero-order valence-corrected chi connectivity index (χ0v) is 14.4. The van der Waals surface area contributed by atoms with Gasteiger partial charge in [0, 0.05) is 5.56 Å². The van der Waals surface area contributed by atoms with Gasteiger partial charge in [0.1, 0.15) is 5.60 Å². The van der Waals surface area contributed by atoms with Crippen LogP contribution in [0.2, 0.25) is 10.0 Å². The predicted octanol–water partition coefficient (Wildman–Crippen LogP) is 2.70. The van der Waals surface area contributed by atoms with Crippen LogP contribution in [0.25, 0.3) is 0 Å². The Morgan fingerprint density at radius 1 is 1.41 bits per heavy atom. The molecule has 0 saturated carbocycles. The summed E-state index contributed by atoms with van der Waals surface area (Å²) in [7, 11) is -3.63. The summed E-state index contributed by atoms with van der Waals surface area (Å²) >= 11 is 11.8. The Balaban J connectivity index is 2.61. The molecule has 1 heterocycles. The summed E-state index contributed by atoms with van der Waals surface area (Å²) in [4.78, 5) is 11.7. The molecular formula is C14H16Cl2O5S. The number of ether oxygens (including phenoxy) is 1. The van der Waals surface area contributed by atoms with Crippen LogP contribution in [0, 0.1) is 0 Å². The van der Waals surface area contributed by atoms with E-state index in [1.807, 2.05) is 0 Å². The molecule has 2 rings (SSSR count). The third-order valence-corrected chi connectivity index (χ3v) is 6.63. The van der Waals surface area contributed by atoms with Gasteiger partial charge < -0.3 is 9.84 Å². The Morgan fingerprint density at radius 2 is 2.00 bits per heavy atom. The first-order valence-electron chi connectivity index (χ1n) is 6.73. The lowest BCUT2D eigenvalue weighted by Gasteiger charge is -2.36. The SMILES string of the molecule is CCOC(=O)C[C@]1(O)C[C@@H](C)S(=O)(=O)c2cc(Cl)c(Cl)cc21. The van der Waals surface area contributed by atoms with Crippen LogP contribution < -0.4 is 0 Å². The van der Waals surface area contributed by atoms with Crippen molar-refractivity contribution in [1.82, 2.24) is 0 Å². The monoisotopic (exact) mass is 366 g/mol. The standard InChI is InChI=1S/C14H16Cl2O5S/c1-3-21-13(17)7-14(18)6-8(2)22(19,20)12-5-11(16)10(15)4-9(12)14/h4-5,8,18H,3,6-7H2,1-2H3/t8-,14-/m1/s1. The van der Waals surface area contributed by atoms with E-state index in [0.717, 1.165) is 0 Å². The van der Waals surface area contributed by atoms with Crippen LogP contribution in [0.15, 0.2) is 17.0 Å². The number of hydrogen-bond donors (Lipinski definition) is 1. The van der Waals surface area contributed by atoms with Gasteiger partial charge in [-0.1, -0.05) is 23.2 Å². The Kier molecular flexibility index (Phi) is 4.78. The number of benzene rings is 1. The van der Waals surface area contributed by atoms with Crippen LogP contribution in [0.4, 0.5) is 0 Å². The van der Waals surface area contributed by atoms with Gasteiger partial charge in [0.05, 0.1) is 33.2 Å². The van der Waals surface area contributed by atoms with Gasteiger partial charge in [-0.2, -0.15) is 0 Å². The van der Waals surface area contributed by atoms with Crippen LogP contribution >= 0.6 is 23.2 Å². The number of esters is 1. The lowest BCUT2D eigenvalue weighted by molar-refractivity contribution is -0.149. The Hall–Kier alpha value is -0.820. The molecule has 1 aliphatic rings. The maximum absolute atomic E-state index is 12.4. The van der Waals surface area contributed by atoms with Gasteiger partial charge >= 0.3 is 5.97 Å². The minimum atomic E-state index is -3.63. The summed E-state index contributed by atoms with van der Waals surface area (Å²) in [6, 6.07) is 2.53. The fraction of sp³-hybridized carbons (Fsp3) is 0.500. The van der Waals surface area contributed by atoms with Gasteiger partial charge in [-0.05, 0) is 32.4 Å². The number of carbonyl (C=O) groups excluding carboxylic acids is 1. The quantitative estimate of drug-likeness (QED) is 0.831. The summed E-state index contributed by atoms with van der Waals surface area (Å²) in [6.45, 7) is 3.31. The van der Waals surface area contributed by atoms with E-state index in [9.17, 15) is 18.3 Å². The molecule has 0 amide bonds. The van der Waals surface area contributed by atoms with Crippen LogP contribution in [0.3, 0.4) is 0 Å². The Labute approximate surface area is 139 Å². The van der Waals surface area contributed by atoms with Crippen molar-refractivity contribution in [1.29, 1.82) is 0 Å². The summed E-state index contributed by atoms with van der Waals surface area (Å²) in [5.41, 5.74) is -1.56. The number of rotatable bonds is 3. The molecule has 1 aromatic rings. The third kappa shape index (κ3) is 2.97. The molecule has 2 atom stereocenters. The molecule has 0 bridgehead atoms. The molecule has 1 aliphatic heterocycles. The maximum atomic E-state index is 12.4. The second kappa shape index (κ2) is 6.00. The molecule has 22 heavy (non-hydrogen) atoms. The molecule has 8 heteroatoms. The number of sulfone groups is 1. The molecule has 0 aromatic heterocycles. The topological polar surface area (TPSA) is 80.7 Å². The first-order valence-corrected chi connectivity index (χ1v) is 9.03. The fourth-order valence-corrected chi connectivity index (χ4v) is 4.82. The molecule has 1 N–H and O–H groups in total. The van der Waals surface area contributed by atoms with E-state index in [-0.39, 0.29) is 40.0 Å². The van der Waals surface area contributed by atoms with Crippen LogP contribution in [-0.4, -0.2) is 31.4 Å². The molecule has 0 spiro atoms. The average molecular weight is 367 g/mol. The Bertz CT molecular complexity index is 716. The van der Waals surface area contributed by atoms with Crippen molar-refractivity contribution in [2.24, 2.45) is 0 Å². The van der Waals surface area contributed by atoms with Gasteiger partial charge in [0.15, 0.2) is 9.84 Å². The molecule has 0 fully saturated rings. The fourth-order valence-electron chi connectivity index (χ4n) is 2.66. The van der Waals surface area contributed by atoms with E-state index in [1.54, 1.807) is 6.92 Å². The minimum absolute atomic E-state index is 0.0802. The number of fused-ring (bicyclic) bond motifs is 1. The van der Waals surface area contributed by atoms with Gasteiger partial charge in [0.25, 0.3) is 0 Å². The zero-order valence-electron chi connectivity index (χ0n) is 12.1. The van der Waals surface area contributed by atoms with Crippen molar-refractivity contribution in [2.75, 3.05) is 6.61 Å². The third-order valence-electron chi connectivity index (χ3n) is 3.73. The van der Waals surface area contributed by atoms with Crippen molar-refractivity contribution in [3.63, 3.8) is 0 Å². The highest BCUT2D eigenvalue weighted by molar-refractivity contribution is 7.92. The smallest absolute Gasteiger partial charge is 0.309 e. The number of halogens is 2. The van der Waals surface area contributed by atoms with Gasteiger partial charge in [-0.15, -0.1) is 0 Å². The highest BCUT2D eigenvalue weighted by Gasteiger charge is 2.46. The van der Waals surface area contributed by atoms with Crippen molar-refractivity contribution < 1.29 is 23.1 Å². The minimum Gasteiger partial charge on any atom is -0.466 e. The summed E-state index contributed by atoms with van der Waals surface area (Å²) in [6.07, 6.45) is -0.454. The van der Waals surface area contributed by atoms with E-state index >= 15 is 0 Å². The van der Waals surface area contributed by atoms with E-state index in [4.69, 9.17) is 27.9 Å². The second-order valence-corrected chi connectivity index (χ2v) is 8.48. The number of hydrogen-bond acceptors (Lipinski definition) is 5. The summed E-state index contributed by atoms with van der Waals surface area (Å²) in [5, 5.41) is 10.2. The normalized spacial score (nSPS) is 26.3. The van der Waals surface area contributed by atoms with E-state index in [0.29, 0.717) is 0 Å². The van der Waals surface area contributed by atoms with Crippen molar-refractivity contribution in [3.8, 4) is 0 Å². The molecule has 5 nitrogen and oxygen atoms in total. The lowest BCUT2D eigenvalue weighted by Crippen LogP contribution is -2.41. The van der Waals surface area contributed by atoms with Crippen molar-refractivity contribution in [3.05, 3.63) is 27.7 Å². The van der Waals surface area contributed by atoms with Gasteiger partial charge in [0.2, 0.25) is 0 Å². The zero-order chi connectivity index (χ0) is 16.7. The molecule has 0 unspecified atom stereocenters. The molecule has 122 valence electrons. The predicted molar refractivity (Wildman–Crippen MR) is 82.9 cm³/mol. The number of aliphatic hydroxyl groups is 1. The van der Waals surface area contributed by atoms with Crippen molar-refractivity contribution >= 4 is 39.0 Å². The van der Waals surface area contributed by atoms with Crippen LogP contribution in [0.1, 0.15) is 32.3 Å². The highest BCUT2D eigenvalue weighted by atomic mass is 35.5. The van der Waals surface area contributed by atoms with Crippen LogP contribution in [0.5, 0.6) is 0 Å². The lowest BCUT2D eigenvalue weighted by atomic mass is 9.85. The van der Waals surface area contributed by atoms with Gasteiger partial charge in [-0.25, -0.2) is 8.42 Å². The molecular weight excluding hydrogens is 351 g/mol. The van der Waals surface area contributed by atoms with Gasteiger partial charge in [-0.3, -0.25) is 4.79 Å². The highest BCUT2D eigenvalue weighted by Crippen LogP contribution is 2.45. The number of carbonyl (C=O) groups is 1. The average Bonchev–Trinajstić information content (AvgIpc) is 2.39. The first-order chi connectivity index (χ1) is 10.1. The van der Waals surface area contributed by atoms with E-state index in [1.165, 1.54) is 19.1 Å². The molecule has 0 aliphatic carbocycles. The van der Waals surface area contributed by atoms with Crippen molar-refractivity contribution in [2.45, 2.75) is 42.4 Å². The Morgan fingerprint density at radius 3 is 2.59 bits per heavy atom. The second-order valence-electron chi connectivity index (χ2n) is 5.34. The van der Waals surface area contributed by atoms with E-state index in [2.05, 4.69) is 0 Å². The largest absolute Gasteiger partial charge is 0.466 e. The summed E-state index contributed by atoms with van der Waals surface area (Å²) < 4.78 is 29.7. The molecule has 1 aromatic carbocycles. The first kappa shape index (κ1) is 17.5.